The van der Waals surface area contributed by atoms with Crippen molar-refractivity contribution in [2.75, 3.05) is 0 Å². The quantitative estimate of drug-likeness (QED) is 0.895. The molecule has 4 heteroatoms. The molecule has 2 aliphatic carbocycles. The highest BCUT2D eigenvalue weighted by Crippen LogP contribution is 2.37. The average Bonchev–Trinajstić information content (AvgIpc) is 3.10. The van der Waals surface area contributed by atoms with Crippen LogP contribution in [0.25, 0.3) is 0 Å². The van der Waals surface area contributed by atoms with Gasteiger partial charge in [0, 0.05) is 11.6 Å². The molecule has 0 heterocycles. The van der Waals surface area contributed by atoms with E-state index in [1.807, 2.05) is 18.2 Å². The Morgan fingerprint density at radius 1 is 1.33 bits per heavy atom. The summed E-state index contributed by atoms with van der Waals surface area (Å²) in [5.74, 6) is 0.691. The minimum atomic E-state index is -0.505. The van der Waals surface area contributed by atoms with E-state index in [1.54, 1.807) is 6.92 Å². The van der Waals surface area contributed by atoms with Gasteiger partial charge in [-0.1, -0.05) is 25.0 Å². The van der Waals surface area contributed by atoms with Crippen LogP contribution in [0, 0.1) is 0 Å². The third-order valence-electron chi connectivity index (χ3n) is 4.57. The number of nitrogens with one attached hydrogen (secondary N) is 1. The lowest BCUT2D eigenvalue weighted by molar-refractivity contribution is -0.127. The number of ether oxygens (including phenoxy) is 1. The normalized spacial score (nSPS) is 22.9. The number of amides is 1. The van der Waals surface area contributed by atoms with Crippen molar-refractivity contribution in [1.82, 2.24) is 5.32 Å². The van der Waals surface area contributed by atoms with Gasteiger partial charge in [-0.25, -0.2) is 0 Å². The molecule has 4 nitrogen and oxygen atoms in total. The van der Waals surface area contributed by atoms with Gasteiger partial charge >= 0.3 is 0 Å². The van der Waals surface area contributed by atoms with Gasteiger partial charge in [-0.2, -0.15) is 0 Å². The summed E-state index contributed by atoms with van der Waals surface area (Å²) in [5, 5.41) is 13.0. The number of hydrogen-bond acceptors (Lipinski definition) is 3. The molecule has 0 aromatic heterocycles. The summed E-state index contributed by atoms with van der Waals surface area (Å²) in [4.78, 5) is 12.2. The first-order chi connectivity index (χ1) is 10.1. The highest BCUT2D eigenvalue weighted by atomic mass is 16.5. The van der Waals surface area contributed by atoms with Gasteiger partial charge in [-0.3, -0.25) is 4.79 Å². The molecule has 1 saturated carbocycles. The Bertz CT molecular complexity index is 523. The highest BCUT2D eigenvalue weighted by molar-refractivity contribution is 5.81. The zero-order valence-corrected chi connectivity index (χ0v) is 12.5. The highest BCUT2D eigenvalue weighted by Gasteiger charge is 2.26. The van der Waals surface area contributed by atoms with E-state index in [1.165, 1.54) is 12.8 Å². The molecule has 2 atom stereocenters. The topological polar surface area (TPSA) is 58.6 Å². The van der Waals surface area contributed by atoms with Crippen molar-refractivity contribution in [3.05, 3.63) is 29.3 Å². The van der Waals surface area contributed by atoms with E-state index >= 15 is 0 Å². The molecule has 1 aromatic carbocycles. The number of aliphatic hydroxyl groups excluding tert-OH is 1. The minimum absolute atomic E-state index is 0.0435. The van der Waals surface area contributed by atoms with Crippen LogP contribution in [0.15, 0.2) is 18.2 Å². The maximum atomic E-state index is 12.2. The van der Waals surface area contributed by atoms with E-state index in [4.69, 9.17) is 4.74 Å². The van der Waals surface area contributed by atoms with E-state index in [9.17, 15) is 9.90 Å². The fourth-order valence-corrected chi connectivity index (χ4v) is 3.34. The van der Waals surface area contributed by atoms with Crippen molar-refractivity contribution in [2.24, 2.45) is 0 Å². The van der Waals surface area contributed by atoms with Crippen LogP contribution in [0.3, 0.4) is 0 Å². The molecular weight excluding hydrogens is 266 g/mol. The third kappa shape index (κ3) is 3.05. The molecule has 1 aromatic rings. The maximum Gasteiger partial charge on any atom is 0.260 e. The van der Waals surface area contributed by atoms with Crippen molar-refractivity contribution in [3.63, 3.8) is 0 Å². The van der Waals surface area contributed by atoms with Crippen molar-refractivity contribution in [1.29, 1.82) is 0 Å². The van der Waals surface area contributed by atoms with Gasteiger partial charge in [0.05, 0.1) is 6.10 Å². The molecule has 2 N–H and O–H groups in total. The number of carbonyl (C=O) groups excluding carboxylic acids is 1. The van der Waals surface area contributed by atoms with Crippen molar-refractivity contribution < 1.29 is 14.6 Å². The zero-order valence-electron chi connectivity index (χ0n) is 12.5. The minimum Gasteiger partial charge on any atom is -0.481 e. The lowest BCUT2D eigenvalue weighted by Gasteiger charge is -2.19. The van der Waals surface area contributed by atoms with Crippen molar-refractivity contribution in [3.8, 4) is 5.75 Å². The Kier molecular flexibility index (Phi) is 4.15. The average molecular weight is 289 g/mol. The van der Waals surface area contributed by atoms with Crippen molar-refractivity contribution in [2.45, 2.75) is 63.7 Å². The maximum absolute atomic E-state index is 12.2. The van der Waals surface area contributed by atoms with Crippen LogP contribution < -0.4 is 10.1 Å². The molecule has 0 aliphatic heterocycles. The van der Waals surface area contributed by atoms with Crippen molar-refractivity contribution >= 4 is 5.91 Å². The number of aliphatic hydroxyl groups is 1. The number of hydrogen-bond donors (Lipinski definition) is 2. The Morgan fingerprint density at radius 2 is 2.10 bits per heavy atom. The number of fused-ring (bicyclic) bond motifs is 1. The fourth-order valence-electron chi connectivity index (χ4n) is 3.34. The summed E-state index contributed by atoms with van der Waals surface area (Å²) in [6.07, 6.45) is 5.19. The van der Waals surface area contributed by atoms with Gasteiger partial charge < -0.3 is 15.2 Å². The Hall–Kier alpha value is -1.55. The van der Waals surface area contributed by atoms with E-state index < -0.39 is 12.2 Å². The van der Waals surface area contributed by atoms with Crippen LogP contribution in [0.1, 0.15) is 56.3 Å². The summed E-state index contributed by atoms with van der Waals surface area (Å²) >= 11 is 0. The summed E-state index contributed by atoms with van der Waals surface area (Å²) in [6, 6.07) is 6.01. The molecule has 1 fully saturated rings. The van der Waals surface area contributed by atoms with Crippen LogP contribution >= 0.6 is 0 Å². The van der Waals surface area contributed by atoms with Crippen LogP contribution in [0.2, 0.25) is 0 Å². The standard InChI is InChI=1S/C17H23NO3/c1-11(17(20)18-12-5-2-3-6-12)21-16-8-4-7-13-14(16)9-10-15(13)19/h4,7-8,11-12,15,19H,2-3,5-6,9-10H2,1H3,(H,18,20). The first-order valence-electron chi connectivity index (χ1n) is 7.92. The molecule has 0 saturated heterocycles. The Labute approximate surface area is 125 Å². The smallest absolute Gasteiger partial charge is 0.260 e. The van der Waals surface area contributed by atoms with Gasteiger partial charge in [0.2, 0.25) is 0 Å². The predicted molar refractivity (Wildman–Crippen MR) is 80.2 cm³/mol. The molecule has 0 bridgehead atoms. The molecule has 2 aliphatic rings. The SMILES string of the molecule is CC(Oc1cccc2c1CCC2O)C(=O)NC1CCCC1. The molecule has 0 spiro atoms. The Balaban J connectivity index is 1.65. The van der Waals surface area contributed by atoms with Gasteiger partial charge in [0.1, 0.15) is 5.75 Å². The fraction of sp³-hybridized carbons (Fsp3) is 0.588. The Morgan fingerprint density at radius 3 is 2.86 bits per heavy atom. The first-order valence-corrected chi connectivity index (χ1v) is 7.92. The summed E-state index contributed by atoms with van der Waals surface area (Å²) in [5.41, 5.74) is 1.99. The first kappa shape index (κ1) is 14.4. The molecule has 114 valence electrons. The van der Waals surface area contributed by atoms with Crippen LogP contribution in [-0.2, 0) is 11.2 Å². The lowest BCUT2D eigenvalue weighted by Crippen LogP contribution is -2.41. The number of rotatable bonds is 4. The lowest BCUT2D eigenvalue weighted by atomic mass is 10.1. The second-order valence-electron chi connectivity index (χ2n) is 6.13. The van der Waals surface area contributed by atoms with Gasteiger partial charge in [0.25, 0.3) is 5.91 Å². The summed E-state index contributed by atoms with van der Waals surface area (Å²) in [7, 11) is 0. The van der Waals surface area contributed by atoms with Crippen LogP contribution in [0.4, 0.5) is 0 Å². The molecule has 0 radical (unpaired) electrons. The second-order valence-corrected chi connectivity index (χ2v) is 6.13. The summed E-state index contributed by atoms with van der Waals surface area (Å²) in [6.45, 7) is 1.79. The zero-order chi connectivity index (χ0) is 14.8. The third-order valence-corrected chi connectivity index (χ3v) is 4.57. The van der Waals surface area contributed by atoms with E-state index in [0.717, 1.165) is 42.6 Å². The van der Waals surface area contributed by atoms with Gasteiger partial charge in [-0.05, 0) is 44.2 Å². The van der Waals surface area contributed by atoms with E-state index in [-0.39, 0.29) is 5.91 Å². The molecule has 1 amide bonds. The second kappa shape index (κ2) is 6.06. The van der Waals surface area contributed by atoms with E-state index in [0.29, 0.717) is 6.04 Å². The monoisotopic (exact) mass is 289 g/mol. The molecule has 21 heavy (non-hydrogen) atoms. The van der Waals surface area contributed by atoms with Gasteiger partial charge in [-0.15, -0.1) is 0 Å². The predicted octanol–water partition coefficient (Wildman–Crippen LogP) is 2.49. The van der Waals surface area contributed by atoms with Gasteiger partial charge in [0.15, 0.2) is 6.10 Å². The number of carbonyl (C=O) groups is 1. The van der Waals surface area contributed by atoms with Crippen LogP contribution in [0.5, 0.6) is 5.75 Å². The molecule has 2 unspecified atom stereocenters. The van der Waals surface area contributed by atoms with E-state index in [2.05, 4.69) is 5.32 Å². The number of benzene rings is 1. The largest absolute Gasteiger partial charge is 0.481 e. The molecular formula is C17H23NO3. The molecule has 3 rings (SSSR count). The summed E-state index contributed by atoms with van der Waals surface area (Å²) < 4.78 is 5.85. The van der Waals surface area contributed by atoms with Crippen LogP contribution in [-0.4, -0.2) is 23.2 Å².